The summed E-state index contributed by atoms with van der Waals surface area (Å²) in [5.74, 6) is -1.40. The molecule has 0 aromatic carbocycles. The summed E-state index contributed by atoms with van der Waals surface area (Å²) in [5.41, 5.74) is 0. The van der Waals surface area contributed by atoms with Crippen LogP contribution in [0.15, 0.2) is 0 Å². The molecule has 0 aromatic rings. The molecule has 0 heterocycles. The van der Waals surface area contributed by atoms with Gasteiger partial charge in [0.2, 0.25) is 5.91 Å². The highest BCUT2D eigenvalue weighted by atomic mass is 16.4. The molecular formula is C10H19NO3. The van der Waals surface area contributed by atoms with Crippen molar-refractivity contribution in [2.45, 2.75) is 40.2 Å². The molecule has 0 radical (unpaired) electrons. The predicted molar refractivity (Wildman–Crippen MR) is 53.9 cm³/mol. The Bertz CT molecular complexity index is 213. The van der Waals surface area contributed by atoms with Gasteiger partial charge in [0.15, 0.2) is 0 Å². The standard InChI is InChI=1S/C10H19NO3/c1-5-7(4)8(10(13)14)11-9(12)6(2)3/h6-8H,5H2,1-4H3,(H,11,12)(H,13,14)/t7?,8-/m0/s1. The van der Waals surface area contributed by atoms with Crippen molar-refractivity contribution < 1.29 is 14.7 Å². The van der Waals surface area contributed by atoms with Crippen molar-refractivity contribution in [2.24, 2.45) is 11.8 Å². The van der Waals surface area contributed by atoms with Crippen molar-refractivity contribution in [3.8, 4) is 0 Å². The monoisotopic (exact) mass is 201 g/mol. The van der Waals surface area contributed by atoms with Crippen LogP contribution in [-0.4, -0.2) is 23.0 Å². The fraction of sp³-hybridized carbons (Fsp3) is 0.800. The molecule has 0 aliphatic carbocycles. The molecule has 0 saturated carbocycles. The maximum absolute atomic E-state index is 11.3. The van der Waals surface area contributed by atoms with E-state index in [1.165, 1.54) is 0 Å². The SMILES string of the molecule is CCC(C)[C@H](NC(=O)C(C)C)C(=O)O. The van der Waals surface area contributed by atoms with E-state index in [9.17, 15) is 9.59 Å². The van der Waals surface area contributed by atoms with Crippen LogP contribution in [0.25, 0.3) is 0 Å². The first-order valence-corrected chi connectivity index (χ1v) is 4.93. The van der Waals surface area contributed by atoms with Crippen LogP contribution in [0.3, 0.4) is 0 Å². The number of carbonyl (C=O) groups excluding carboxylic acids is 1. The molecule has 0 fully saturated rings. The van der Waals surface area contributed by atoms with Gasteiger partial charge < -0.3 is 10.4 Å². The van der Waals surface area contributed by atoms with Crippen molar-refractivity contribution in [2.75, 3.05) is 0 Å². The van der Waals surface area contributed by atoms with Crippen molar-refractivity contribution >= 4 is 11.9 Å². The number of carbonyl (C=O) groups is 2. The average molecular weight is 201 g/mol. The second-order valence-electron chi connectivity index (χ2n) is 3.86. The number of carboxylic acids is 1. The summed E-state index contributed by atoms with van der Waals surface area (Å²) in [6, 6.07) is -0.769. The zero-order chi connectivity index (χ0) is 11.3. The Morgan fingerprint density at radius 2 is 1.79 bits per heavy atom. The van der Waals surface area contributed by atoms with Gasteiger partial charge in [0.05, 0.1) is 0 Å². The van der Waals surface area contributed by atoms with E-state index in [4.69, 9.17) is 5.11 Å². The normalized spacial score (nSPS) is 14.9. The van der Waals surface area contributed by atoms with E-state index in [-0.39, 0.29) is 17.7 Å². The Balaban J connectivity index is 4.38. The number of aliphatic carboxylic acids is 1. The van der Waals surface area contributed by atoms with E-state index >= 15 is 0 Å². The largest absolute Gasteiger partial charge is 0.480 e. The van der Waals surface area contributed by atoms with Crippen LogP contribution in [0, 0.1) is 11.8 Å². The van der Waals surface area contributed by atoms with Crippen molar-refractivity contribution in [3.05, 3.63) is 0 Å². The zero-order valence-electron chi connectivity index (χ0n) is 9.20. The number of amides is 1. The minimum absolute atomic E-state index is 0.0461. The van der Waals surface area contributed by atoms with E-state index in [2.05, 4.69) is 5.32 Å². The summed E-state index contributed by atoms with van der Waals surface area (Å²) in [6.07, 6.45) is 0.731. The van der Waals surface area contributed by atoms with Crippen LogP contribution in [0.4, 0.5) is 0 Å². The minimum Gasteiger partial charge on any atom is -0.480 e. The van der Waals surface area contributed by atoms with Crippen LogP contribution in [0.1, 0.15) is 34.1 Å². The summed E-state index contributed by atoms with van der Waals surface area (Å²) >= 11 is 0. The fourth-order valence-electron chi connectivity index (χ4n) is 1.00. The van der Waals surface area contributed by atoms with Crippen LogP contribution in [-0.2, 0) is 9.59 Å². The van der Waals surface area contributed by atoms with Crippen LogP contribution in [0.2, 0.25) is 0 Å². The van der Waals surface area contributed by atoms with Crippen molar-refractivity contribution in [1.82, 2.24) is 5.32 Å². The fourth-order valence-corrected chi connectivity index (χ4v) is 1.00. The third kappa shape index (κ3) is 3.77. The molecule has 0 saturated heterocycles. The van der Waals surface area contributed by atoms with Gasteiger partial charge in [0, 0.05) is 5.92 Å². The van der Waals surface area contributed by atoms with Gasteiger partial charge in [-0.05, 0) is 5.92 Å². The van der Waals surface area contributed by atoms with Gasteiger partial charge in [0.25, 0.3) is 0 Å². The number of nitrogens with one attached hydrogen (secondary N) is 1. The Labute approximate surface area is 84.7 Å². The molecule has 2 atom stereocenters. The van der Waals surface area contributed by atoms with Gasteiger partial charge >= 0.3 is 5.97 Å². The first-order valence-electron chi connectivity index (χ1n) is 4.93. The third-order valence-electron chi connectivity index (χ3n) is 2.30. The number of hydrogen-bond donors (Lipinski definition) is 2. The van der Waals surface area contributed by atoms with Gasteiger partial charge in [-0.3, -0.25) is 4.79 Å². The number of hydrogen-bond acceptors (Lipinski definition) is 2. The van der Waals surface area contributed by atoms with Gasteiger partial charge in [-0.1, -0.05) is 34.1 Å². The van der Waals surface area contributed by atoms with Gasteiger partial charge in [-0.2, -0.15) is 0 Å². The minimum atomic E-state index is -0.964. The van der Waals surface area contributed by atoms with Crippen LogP contribution < -0.4 is 5.32 Å². The van der Waals surface area contributed by atoms with E-state index < -0.39 is 12.0 Å². The summed E-state index contributed by atoms with van der Waals surface area (Å²) < 4.78 is 0. The van der Waals surface area contributed by atoms with Crippen LogP contribution in [0.5, 0.6) is 0 Å². The highest BCUT2D eigenvalue weighted by molar-refractivity contribution is 5.84. The molecule has 4 heteroatoms. The molecule has 14 heavy (non-hydrogen) atoms. The summed E-state index contributed by atoms with van der Waals surface area (Å²) in [7, 11) is 0. The zero-order valence-corrected chi connectivity index (χ0v) is 9.20. The highest BCUT2D eigenvalue weighted by Gasteiger charge is 2.25. The Kier molecular flexibility index (Phi) is 5.20. The van der Waals surface area contributed by atoms with E-state index in [0.717, 1.165) is 6.42 Å². The lowest BCUT2D eigenvalue weighted by molar-refractivity contribution is -0.143. The molecule has 0 aliphatic rings. The summed E-state index contributed by atoms with van der Waals surface area (Å²) in [4.78, 5) is 22.1. The van der Waals surface area contributed by atoms with Crippen molar-refractivity contribution in [1.29, 1.82) is 0 Å². The molecule has 2 N–H and O–H groups in total. The first-order chi connectivity index (χ1) is 6.40. The molecule has 0 aliphatic heterocycles. The van der Waals surface area contributed by atoms with Gasteiger partial charge in [-0.15, -0.1) is 0 Å². The van der Waals surface area contributed by atoms with Crippen molar-refractivity contribution in [3.63, 3.8) is 0 Å². The first kappa shape index (κ1) is 12.9. The third-order valence-corrected chi connectivity index (χ3v) is 2.30. The molecule has 4 nitrogen and oxygen atoms in total. The summed E-state index contributed by atoms with van der Waals surface area (Å²) in [5, 5.41) is 11.4. The second kappa shape index (κ2) is 5.62. The quantitative estimate of drug-likeness (QED) is 0.703. The molecule has 0 spiro atoms. The Morgan fingerprint density at radius 3 is 2.07 bits per heavy atom. The molecule has 1 unspecified atom stereocenters. The lowest BCUT2D eigenvalue weighted by Crippen LogP contribution is -2.46. The molecule has 0 aromatic heterocycles. The maximum atomic E-state index is 11.3. The molecule has 0 rings (SSSR count). The Hall–Kier alpha value is -1.06. The summed E-state index contributed by atoms with van der Waals surface area (Å²) in [6.45, 7) is 7.21. The average Bonchev–Trinajstić information content (AvgIpc) is 2.11. The molecule has 82 valence electrons. The molecular weight excluding hydrogens is 182 g/mol. The second-order valence-corrected chi connectivity index (χ2v) is 3.86. The van der Waals surface area contributed by atoms with Crippen LogP contribution >= 0.6 is 0 Å². The highest BCUT2D eigenvalue weighted by Crippen LogP contribution is 2.08. The van der Waals surface area contributed by atoms with E-state index in [1.807, 2.05) is 13.8 Å². The van der Waals surface area contributed by atoms with Gasteiger partial charge in [0.1, 0.15) is 6.04 Å². The number of carboxylic acid groups (broad SMARTS) is 1. The topological polar surface area (TPSA) is 66.4 Å². The van der Waals surface area contributed by atoms with E-state index in [0.29, 0.717) is 0 Å². The molecule has 1 amide bonds. The smallest absolute Gasteiger partial charge is 0.326 e. The van der Waals surface area contributed by atoms with Gasteiger partial charge in [-0.25, -0.2) is 4.79 Å². The predicted octanol–water partition coefficient (Wildman–Crippen LogP) is 1.26. The molecule has 0 bridgehead atoms. The Morgan fingerprint density at radius 1 is 1.29 bits per heavy atom. The number of rotatable bonds is 5. The lowest BCUT2D eigenvalue weighted by Gasteiger charge is -2.21. The lowest BCUT2D eigenvalue weighted by atomic mass is 9.98. The van der Waals surface area contributed by atoms with E-state index in [1.54, 1.807) is 13.8 Å². The maximum Gasteiger partial charge on any atom is 0.326 e.